The van der Waals surface area contributed by atoms with Crippen LogP contribution >= 0.6 is 0 Å². The number of nitrogens with two attached hydrogens (primary N) is 1. The van der Waals surface area contributed by atoms with Crippen molar-refractivity contribution >= 4 is 0 Å². The largest absolute Gasteiger partial charge is 0.505 e. The zero-order valence-corrected chi connectivity index (χ0v) is 8.89. The molecule has 82 valence electrons. The van der Waals surface area contributed by atoms with E-state index in [1.807, 2.05) is 6.92 Å². The summed E-state index contributed by atoms with van der Waals surface area (Å²) in [6, 6.07) is 3.18. The van der Waals surface area contributed by atoms with Crippen molar-refractivity contribution in [3.63, 3.8) is 0 Å². The molecular formula is C12H16FNO. The molecule has 0 spiro atoms. The minimum atomic E-state index is -0.576. The van der Waals surface area contributed by atoms with E-state index in [0.29, 0.717) is 5.56 Å². The molecule has 1 aliphatic rings. The first-order valence-electron chi connectivity index (χ1n) is 5.31. The van der Waals surface area contributed by atoms with Crippen LogP contribution in [0.2, 0.25) is 0 Å². The standard InChI is InChI=1S/C12H16FNO/c1-8-6-9(11(13)10(15)7-8)12(14)4-2-3-5-12/h6-7,15H,2-5,14H2,1H3. The smallest absolute Gasteiger partial charge is 0.169 e. The molecule has 15 heavy (non-hydrogen) atoms. The van der Waals surface area contributed by atoms with E-state index in [-0.39, 0.29) is 5.75 Å². The predicted octanol–water partition coefficient (Wildman–Crippen LogP) is 2.57. The van der Waals surface area contributed by atoms with E-state index in [1.54, 1.807) is 6.07 Å². The second-order valence-electron chi connectivity index (χ2n) is 4.51. The fraction of sp³-hybridized carbons (Fsp3) is 0.500. The molecule has 0 heterocycles. The van der Waals surface area contributed by atoms with Gasteiger partial charge < -0.3 is 10.8 Å². The first kappa shape index (κ1) is 10.4. The van der Waals surface area contributed by atoms with Crippen molar-refractivity contribution in [3.8, 4) is 5.75 Å². The van der Waals surface area contributed by atoms with Crippen molar-refractivity contribution in [2.75, 3.05) is 0 Å². The number of phenols is 1. The molecule has 1 aliphatic carbocycles. The van der Waals surface area contributed by atoms with Crippen LogP contribution in [0.5, 0.6) is 5.75 Å². The number of rotatable bonds is 1. The molecule has 3 N–H and O–H groups in total. The van der Waals surface area contributed by atoms with Crippen LogP contribution in [0.25, 0.3) is 0 Å². The second kappa shape index (κ2) is 3.49. The SMILES string of the molecule is Cc1cc(O)c(F)c(C2(N)CCCC2)c1. The Bertz CT molecular complexity index is 383. The predicted molar refractivity (Wildman–Crippen MR) is 57.1 cm³/mol. The summed E-state index contributed by atoms with van der Waals surface area (Å²) in [4.78, 5) is 0. The Morgan fingerprint density at radius 3 is 2.53 bits per heavy atom. The number of hydrogen-bond donors (Lipinski definition) is 2. The van der Waals surface area contributed by atoms with Gasteiger partial charge in [-0.05, 0) is 31.4 Å². The summed E-state index contributed by atoms with van der Waals surface area (Å²) in [5.41, 5.74) is 6.91. The van der Waals surface area contributed by atoms with Crippen molar-refractivity contribution in [1.29, 1.82) is 0 Å². The number of halogens is 1. The number of phenolic OH excluding ortho intramolecular Hbond substituents is 1. The van der Waals surface area contributed by atoms with Crippen LogP contribution in [-0.2, 0) is 5.54 Å². The fourth-order valence-corrected chi connectivity index (χ4v) is 2.39. The molecule has 0 aliphatic heterocycles. The summed E-state index contributed by atoms with van der Waals surface area (Å²) in [5.74, 6) is -0.841. The molecule has 0 atom stereocenters. The minimum Gasteiger partial charge on any atom is -0.505 e. The zero-order valence-electron chi connectivity index (χ0n) is 8.89. The number of aryl methyl sites for hydroxylation is 1. The van der Waals surface area contributed by atoms with Crippen LogP contribution in [0.1, 0.15) is 36.8 Å². The van der Waals surface area contributed by atoms with E-state index in [1.165, 1.54) is 6.07 Å². The maximum atomic E-state index is 13.7. The molecule has 2 rings (SSSR count). The first-order chi connectivity index (χ1) is 7.03. The zero-order chi connectivity index (χ0) is 11.1. The quantitative estimate of drug-likeness (QED) is 0.746. The average Bonchev–Trinajstić information content (AvgIpc) is 2.59. The third kappa shape index (κ3) is 1.72. The highest BCUT2D eigenvalue weighted by Crippen LogP contribution is 2.39. The highest BCUT2D eigenvalue weighted by atomic mass is 19.1. The summed E-state index contributed by atoms with van der Waals surface area (Å²) in [7, 11) is 0. The molecular weight excluding hydrogens is 193 g/mol. The summed E-state index contributed by atoms with van der Waals surface area (Å²) in [5, 5.41) is 9.43. The van der Waals surface area contributed by atoms with Gasteiger partial charge in [-0.25, -0.2) is 4.39 Å². The van der Waals surface area contributed by atoms with Crippen molar-refractivity contribution < 1.29 is 9.50 Å². The van der Waals surface area contributed by atoms with E-state index < -0.39 is 11.4 Å². The van der Waals surface area contributed by atoms with Crippen LogP contribution in [-0.4, -0.2) is 5.11 Å². The monoisotopic (exact) mass is 209 g/mol. The third-order valence-electron chi connectivity index (χ3n) is 3.23. The van der Waals surface area contributed by atoms with Gasteiger partial charge in [0.05, 0.1) is 0 Å². The molecule has 1 fully saturated rings. The summed E-state index contributed by atoms with van der Waals surface area (Å²) in [6.07, 6.45) is 3.66. The van der Waals surface area contributed by atoms with E-state index in [2.05, 4.69) is 0 Å². The summed E-state index contributed by atoms with van der Waals surface area (Å²) < 4.78 is 13.7. The topological polar surface area (TPSA) is 46.2 Å². The number of benzene rings is 1. The lowest BCUT2D eigenvalue weighted by atomic mass is 9.88. The Hall–Kier alpha value is -1.09. The van der Waals surface area contributed by atoms with Gasteiger partial charge in [0, 0.05) is 11.1 Å². The van der Waals surface area contributed by atoms with Crippen LogP contribution in [0.4, 0.5) is 4.39 Å². The van der Waals surface area contributed by atoms with E-state index >= 15 is 0 Å². The first-order valence-corrected chi connectivity index (χ1v) is 5.31. The Morgan fingerprint density at radius 2 is 1.93 bits per heavy atom. The summed E-state index contributed by atoms with van der Waals surface area (Å²) >= 11 is 0. The van der Waals surface area contributed by atoms with Crippen LogP contribution in [0.15, 0.2) is 12.1 Å². The minimum absolute atomic E-state index is 0.290. The third-order valence-corrected chi connectivity index (χ3v) is 3.23. The molecule has 0 unspecified atom stereocenters. The van der Waals surface area contributed by atoms with E-state index in [4.69, 9.17) is 5.73 Å². The van der Waals surface area contributed by atoms with Gasteiger partial charge >= 0.3 is 0 Å². The van der Waals surface area contributed by atoms with Crippen LogP contribution < -0.4 is 5.73 Å². The van der Waals surface area contributed by atoms with E-state index in [9.17, 15) is 9.50 Å². The molecule has 0 amide bonds. The highest BCUT2D eigenvalue weighted by molar-refractivity contribution is 5.39. The molecule has 1 aromatic carbocycles. The van der Waals surface area contributed by atoms with E-state index in [0.717, 1.165) is 31.2 Å². The van der Waals surface area contributed by atoms with Gasteiger partial charge in [0.25, 0.3) is 0 Å². The molecule has 0 saturated heterocycles. The van der Waals surface area contributed by atoms with Gasteiger partial charge in [-0.3, -0.25) is 0 Å². The number of hydrogen-bond acceptors (Lipinski definition) is 2. The van der Waals surface area contributed by atoms with Gasteiger partial charge in [-0.1, -0.05) is 18.9 Å². The second-order valence-corrected chi connectivity index (χ2v) is 4.51. The summed E-state index contributed by atoms with van der Waals surface area (Å²) in [6.45, 7) is 1.83. The van der Waals surface area contributed by atoms with Crippen LogP contribution in [0, 0.1) is 12.7 Å². The van der Waals surface area contributed by atoms with Crippen molar-refractivity contribution in [1.82, 2.24) is 0 Å². The lowest BCUT2D eigenvalue weighted by Gasteiger charge is -2.25. The molecule has 1 saturated carbocycles. The maximum absolute atomic E-state index is 13.7. The highest BCUT2D eigenvalue weighted by Gasteiger charge is 2.34. The average molecular weight is 209 g/mol. The van der Waals surface area contributed by atoms with Gasteiger partial charge in [-0.15, -0.1) is 0 Å². The number of aromatic hydroxyl groups is 1. The maximum Gasteiger partial charge on any atom is 0.169 e. The Labute approximate surface area is 88.9 Å². The van der Waals surface area contributed by atoms with Gasteiger partial charge in [0.1, 0.15) is 0 Å². The molecule has 0 radical (unpaired) electrons. The fourth-order valence-electron chi connectivity index (χ4n) is 2.39. The van der Waals surface area contributed by atoms with Gasteiger partial charge in [-0.2, -0.15) is 0 Å². The lowest BCUT2D eigenvalue weighted by molar-refractivity contribution is 0.394. The lowest BCUT2D eigenvalue weighted by Crippen LogP contribution is -2.34. The molecule has 0 bridgehead atoms. The normalized spacial score (nSPS) is 19.4. The Kier molecular flexibility index (Phi) is 2.43. The van der Waals surface area contributed by atoms with Gasteiger partial charge in [0.15, 0.2) is 11.6 Å². The van der Waals surface area contributed by atoms with Gasteiger partial charge in [0.2, 0.25) is 0 Å². The molecule has 3 heteroatoms. The van der Waals surface area contributed by atoms with Crippen molar-refractivity contribution in [3.05, 3.63) is 29.1 Å². The molecule has 0 aromatic heterocycles. The van der Waals surface area contributed by atoms with Crippen LogP contribution in [0.3, 0.4) is 0 Å². The van der Waals surface area contributed by atoms with Crippen molar-refractivity contribution in [2.45, 2.75) is 38.1 Å². The molecule has 2 nitrogen and oxygen atoms in total. The Balaban J connectivity index is 2.51. The van der Waals surface area contributed by atoms with Crippen molar-refractivity contribution in [2.24, 2.45) is 5.73 Å². The Morgan fingerprint density at radius 1 is 1.33 bits per heavy atom. The molecule has 1 aromatic rings.